The number of aliphatic carboxylic acids is 1. The summed E-state index contributed by atoms with van der Waals surface area (Å²) >= 11 is 0. The average molecular weight is 185 g/mol. The largest absolute Gasteiger partial charge is 0.481 e. The Bertz CT molecular complexity index is 170. The Morgan fingerprint density at radius 2 is 2.38 bits per heavy atom. The zero-order valence-corrected chi connectivity index (χ0v) is 8.33. The van der Waals surface area contributed by atoms with E-state index in [-0.39, 0.29) is 6.42 Å². The molecule has 0 amide bonds. The maximum absolute atomic E-state index is 10.4. The first-order valence-corrected chi connectivity index (χ1v) is 5.16. The second-order valence-corrected chi connectivity index (χ2v) is 3.86. The van der Waals surface area contributed by atoms with Crippen LogP contribution in [0, 0.1) is 5.92 Å². The Morgan fingerprint density at radius 3 is 3.00 bits per heavy atom. The fourth-order valence-corrected chi connectivity index (χ4v) is 1.94. The van der Waals surface area contributed by atoms with E-state index in [4.69, 9.17) is 5.11 Å². The van der Waals surface area contributed by atoms with Crippen LogP contribution in [0.2, 0.25) is 0 Å². The van der Waals surface area contributed by atoms with E-state index in [0.29, 0.717) is 0 Å². The molecule has 1 atom stereocenters. The molecule has 0 aromatic carbocycles. The van der Waals surface area contributed by atoms with Crippen LogP contribution in [0.3, 0.4) is 0 Å². The van der Waals surface area contributed by atoms with Crippen molar-refractivity contribution in [2.24, 2.45) is 5.92 Å². The number of rotatable bonds is 4. The summed E-state index contributed by atoms with van der Waals surface area (Å²) in [5.41, 5.74) is 0. The molecule has 1 unspecified atom stereocenters. The van der Waals surface area contributed by atoms with Crippen LogP contribution in [0.25, 0.3) is 0 Å². The quantitative estimate of drug-likeness (QED) is 0.723. The number of piperidine rings is 1. The molecule has 1 fully saturated rings. The molecule has 1 saturated heterocycles. The third-order valence-electron chi connectivity index (χ3n) is 2.82. The van der Waals surface area contributed by atoms with Crippen molar-refractivity contribution in [3.05, 3.63) is 0 Å². The van der Waals surface area contributed by atoms with Gasteiger partial charge >= 0.3 is 5.97 Å². The second-order valence-electron chi connectivity index (χ2n) is 3.86. The van der Waals surface area contributed by atoms with Crippen molar-refractivity contribution in [1.29, 1.82) is 0 Å². The van der Waals surface area contributed by atoms with Crippen molar-refractivity contribution in [1.82, 2.24) is 4.90 Å². The van der Waals surface area contributed by atoms with E-state index in [1.807, 2.05) is 0 Å². The maximum atomic E-state index is 10.4. The zero-order chi connectivity index (χ0) is 9.68. The molecule has 13 heavy (non-hydrogen) atoms. The number of hydrogen-bond acceptors (Lipinski definition) is 2. The summed E-state index contributed by atoms with van der Waals surface area (Å²) in [4.78, 5) is 12.6. The van der Waals surface area contributed by atoms with Crippen LogP contribution < -0.4 is 0 Å². The normalized spacial score (nSPS) is 24.5. The van der Waals surface area contributed by atoms with Gasteiger partial charge in [-0.1, -0.05) is 13.3 Å². The van der Waals surface area contributed by atoms with Gasteiger partial charge in [0.15, 0.2) is 0 Å². The van der Waals surface area contributed by atoms with Crippen LogP contribution in [0.4, 0.5) is 0 Å². The highest BCUT2D eigenvalue weighted by Gasteiger charge is 2.18. The van der Waals surface area contributed by atoms with Gasteiger partial charge in [-0.2, -0.15) is 0 Å². The van der Waals surface area contributed by atoms with E-state index in [0.717, 1.165) is 25.6 Å². The minimum absolute atomic E-state index is 0.288. The summed E-state index contributed by atoms with van der Waals surface area (Å²) in [5, 5.41) is 8.54. The molecule has 0 aliphatic carbocycles. The predicted octanol–water partition coefficient (Wildman–Crippen LogP) is 1.58. The van der Waals surface area contributed by atoms with Crippen molar-refractivity contribution in [3.8, 4) is 0 Å². The van der Waals surface area contributed by atoms with Crippen LogP contribution in [0.1, 0.15) is 32.6 Å². The number of carboxylic acids is 1. The highest BCUT2D eigenvalue weighted by molar-refractivity contribution is 5.66. The van der Waals surface area contributed by atoms with Crippen molar-refractivity contribution in [2.45, 2.75) is 32.6 Å². The molecule has 1 heterocycles. The van der Waals surface area contributed by atoms with Gasteiger partial charge in [0.25, 0.3) is 0 Å². The highest BCUT2D eigenvalue weighted by Crippen LogP contribution is 2.18. The smallest absolute Gasteiger partial charge is 0.304 e. The molecule has 76 valence electrons. The number of nitrogens with zero attached hydrogens (tertiary/aromatic N) is 1. The first-order valence-electron chi connectivity index (χ1n) is 5.16. The van der Waals surface area contributed by atoms with E-state index in [1.54, 1.807) is 0 Å². The predicted molar refractivity (Wildman–Crippen MR) is 51.7 cm³/mol. The number of carbonyl (C=O) groups is 1. The summed E-state index contributed by atoms with van der Waals surface area (Å²) in [7, 11) is 0. The molecule has 0 spiro atoms. The van der Waals surface area contributed by atoms with E-state index in [2.05, 4.69) is 11.8 Å². The fourth-order valence-electron chi connectivity index (χ4n) is 1.94. The van der Waals surface area contributed by atoms with Gasteiger partial charge in [-0.05, 0) is 25.3 Å². The molecule has 0 radical (unpaired) electrons. The lowest BCUT2D eigenvalue weighted by Crippen LogP contribution is -2.36. The topological polar surface area (TPSA) is 40.5 Å². The van der Waals surface area contributed by atoms with Crippen LogP contribution >= 0.6 is 0 Å². The number of hydrogen-bond donors (Lipinski definition) is 1. The van der Waals surface area contributed by atoms with Crippen LogP contribution in [0.5, 0.6) is 0 Å². The second kappa shape index (κ2) is 5.22. The van der Waals surface area contributed by atoms with E-state index >= 15 is 0 Å². The van der Waals surface area contributed by atoms with Crippen molar-refractivity contribution in [2.75, 3.05) is 19.6 Å². The van der Waals surface area contributed by atoms with E-state index in [9.17, 15) is 4.79 Å². The van der Waals surface area contributed by atoms with Gasteiger partial charge in [0.2, 0.25) is 0 Å². The Kier molecular flexibility index (Phi) is 4.22. The van der Waals surface area contributed by atoms with E-state index in [1.165, 1.54) is 19.3 Å². The lowest BCUT2D eigenvalue weighted by molar-refractivity contribution is -0.137. The highest BCUT2D eigenvalue weighted by atomic mass is 16.4. The first kappa shape index (κ1) is 10.5. The summed E-state index contributed by atoms with van der Waals surface area (Å²) in [6.07, 6.45) is 4.07. The fraction of sp³-hybridized carbons (Fsp3) is 0.900. The molecule has 1 N–H and O–H groups in total. The van der Waals surface area contributed by atoms with E-state index < -0.39 is 5.97 Å². The monoisotopic (exact) mass is 185 g/mol. The number of carboxylic acid groups (broad SMARTS) is 1. The molecule has 1 aliphatic rings. The lowest BCUT2D eigenvalue weighted by Gasteiger charge is -2.31. The number of likely N-dealkylation sites (tertiary alicyclic amines) is 1. The molecule has 1 rings (SSSR count). The van der Waals surface area contributed by atoms with Crippen molar-refractivity contribution < 1.29 is 9.90 Å². The standard InChI is InChI=1S/C10H19NO2/c1-2-9-4-3-6-11(8-9)7-5-10(12)13/h9H,2-8H2,1H3,(H,12,13). The molecular weight excluding hydrogens is 166 g/mol. The molecular formula is C10H19NO2. The third-order valence-corrected chi connectivity index (χ3v) is 2.82. The van der Waals surface area contributed by atoms with Gasteiger partial charge in [0.05, 0.1) is 6.42 Å². The maximum Gasteiger partial charge on any atom is 0.304 e. The Hall–Kier alpha value is -0.570. The Labute approximate surface area is 79.7 Å². The molecule has 0 aromatic rings. The summed E-state index contributed by atoms with van der Waals surface area (Å²) in [5.74, 6) is 0.112. The van der Waals surface area contributed by atoms with Crippen molar-refractivity contribution in [3.63, 3.8) is 0 Å². The zero-order valence-electron chi connectivity index (χ0n) is 8.33. The van der Waals surface area contributed by atoms with Gasteiger partial charge in [-0.25, -0.2) is 0 Å². The lowest BCUT2D eigenvalue weighted by atomic mass is 9.95. The summed E-state index contributed by atoms with van der Waals surface area (Å²) in [6, 6.07) is 0. The first-order chi connectivity index (χ1) is 6.22. The van der Waals surface area contributed by atoms with Crippen LogP contribution in [-0.2, 0) is 4.79 Å². The van der Waals surface area contributed by atoms with Gasteiger partial charge < -0.3 is 10.0 Å². The minimum Gasteiger partial charge on any atom is -0.481 e. The van der Waals surface area contributed by atoms with Gasteiger partial charge in [-0.3, -0.25) is 4.79 Å². The average Bonchev–Trinajstić information content (AvgIpc) is 2.15. The minimum atomic E-state index is -0.682. The molecule has 3 heteroatoms. The van der Waals surface area contributed by atoms with Gasteiger partial charge in [-0.15, -0.1) is 0 Å². The SMILES string of the molecule is CCC1CCCN(CCC(=O)O)C1. The van der Waals surface area contributed by atoms with Crippen LogP contribution in [0.15, 0.2) is 0 Å². The summed E-state index contributed by atoms with van der Waals surface area (Å²) in [6.45, 7) is 5.13. The molecule has 0 bridgehead atoms. The molecule has 3 nitrogen and oxygen atoms in total. The third kappa shape index (κ3) is 3.77. The molecule has 0 aromatic heterocycles. The Balaban J connectivity index is 2.21. The van der Waals surface area contributed by atoms with Gasteiger partial charge in [0.1, 0.15) is 0 Å². The van der Waals surface area contributed by atoms with Crippen molar-refractivity contribution >= 4 is 5.97 Å². The summed E-state index contributed by atoms with van der Waals surface area (Å²) < 4.78 is 0. The van der Waals surface area contributed by atoms with Gasteiger partial charge in [0, 0.05) is 13.1 Å². The Morgan fingerprint density at radius 1 is 1.62 bits per heavy atom. The molecule has 1 aliphatic heterocycles. The molecule has 0 saturated carbocycles. The van der Waals surface area contributed by atoms with Crippen LogP contribution in [-0.4, -0.2) is 35.6 Å².